The Morgan fingerprint density at radius 3 is 3.06 bits per heavy atom. The van der Waals surface area contributed by atoms with Gasteiger partial charge in [0.1, 0.15) is 10.6 Å². The summed E-state index contributed by atoms with van der Waals surface area (Å²) in [6.07, 6.45) is 4.17. The van der Waals surface area contributed by atoms with Crippen LogP contribution in [0.25, 0.3) is 10.2 Å². The first-order valence-electron chi connectivity index (χ1n) is 6.12. The lowest BCUT2D eigenvalue weighted by atomic mass is 10.2. The van der Waals surface area contributed by atoms with Crippen LogP contribution in [0, 0.1) is 0 Å². The summed E-state index contributed by atoms with van der Waals surface area (Å²) in [6, 6.07) is 0. The number of aromatic nitrogens is 2. The van der Waals surface area contributed by atoms with Gasteiger partial charge in [0.05, 0.1) is 5.39 Å². The van der Waals surface area contributed by atoms with E-state index in [2.05, 4.69) is 15.3 Å². The van der Waals surface area contributed by atoms with E-state index in [4.69, 9.17) is 16.7 Å². The molecule has 0 atom stereocenters. The predicted molar refractivity (Wildman–Crippen MR) is 74.6 cm³/mol. The Kier molecular flexibility index (Phi) is 3.37. The van der Waals surface area contributed by atoms with Crippen molar-refractivity contribution in [1.29, 1.82) is 0 Å². The van der Waals surface area contributed by atoms with Gasteiger partial charge in [0, 0.05) is 18.0 Å². The van der Waals surface area contributed by atoms with Gasteiger partial charge in [-0.15, -0.1) is 11.3 Å². The molecule has 1 aliphatic carbocycles. The quantitative estimate of drug-likeness (QED) is 0.669. The molecule has 3 rings (SSSR count). The van der Waals surface area contributed by atoms with E-state index in [0.29, 0.717) is 13.0 Å². The van der Waals surface area contributed by atoms with Gasteiger partial charge in [0.25, 0.3) is 0 Å². The van der Waals surface area contributed by atoms with Gasteiger partial charge < -0.3 is 10.4 Å². The number of fused-ring (bicyclic) bond motifs is 3. The summed E-state index contributed by atoms with van der Waals surface area (Å²) < 4.78 is 0. The van der Waals surface area contributed by atoms with Crippen LogP contribution in [-0.4, -0.2) is 28.2 Å². The Hall–Kier alpha value is -0.910. The first kappa shape index (κ1) is 12.1. The molecular weight excluding hydrogens is 270 g/mol. The highest BCUT2D eigenvalue weighted by molar-refractivity contribution is 7.19. The van der Waals surface area contributed by atoms with Gasteiger partial charge in [-0.3, -0.25) is 0 Å². The molecule has 0 aliphatic heterocycles. The summed E-state index contributed by atoms with van der Waals surface area (Å²) >= 11 is 7.68. The summed E-state index contributed by atoms with van der Waals surface area (Å²) in [4.78, 5) is 11.0. The summed E-state index contributed by atoms with van der Waals surface area (Å²) in [7, 11) is 0. The molecule has 0 saturated carbocycles. The van der Waals surface area contributed by atoms with Crippen LogP contribution in [0.4, 0.5) is 5.82 Å². The molecule has 0 bridgehead atoms. The van der Waals surface area contributed by atoms with Crippen LogP contribution in [0.2, 0.25) is 5.28 Å². The predicted octanol–water partition coefficient (Wildman–Crippen LogP) is 2.63. The molecule has 18 heavy (non-hydrogen) atoms. The maximum Gasteiger partial charge on any atom is 0.225 e. The standard InChI is InChI=1S/C12H14ClN3OS/c13-12-15-10(14-5-2-6-17)9-7-3-1-4-8(7)18-11(9)16-12/h17H,1-6H2,(H,14,15,16). The normalized spacial score (nSPS) is 14.1. The number of aliphatic hydroxyl groups excluding tert-OH is 1. The second-order valence-electron chi connectivity index (χ2n) is 4.38. The van der Waals surface area contributed by atoms with E-state index in [1.807, 2.05) is 0 Å². The number of rotatable bonds is 4. The monoisotopic (exact) mass is 283 g/mol. The molecule has 1 aliphatic rings. The summed E-state index contributed by atoms with van der Waals surface area (Å²) in [6.45, 7) is 0.875. The van der Waals surface area contributed by atoms with Crippen molar-refractivity contribution in [2.45, 2.75) is 25.7 Å². The topological polar surface area (TPSA) is 58.0 Å². The van der Waals surface area contributed by atoms with Crippen LogP contribution in [0.3, 0.4) is 0 Å². The van der Waals surface area contributed by atoms with Gasteiger partial charge in [0.2, 0.25) is 5.28 Å². The molecule has 0 aromatic carbocycles. The maximum absolute atomic E-state index is 8.83. The minimum absolute atomic E-state index is 0.177. The van der Waals surface area contributed by atoms with Gasteiger partial charge in [-0.1, -0.05) is 0 Å². The fraction of sp³-hybridized carbons (Fsp3) is 0.500. The Labute approximate surface area is 114 Å². The average Bonchev–Trinajstić information content (AvgIpc) is 2.88. The third-order valence-electron chi connectivity index (χ3n) is 3.16. The largest absolute Gasteiger partial charge is 0.396 e. The number of nitrogens with zero attached hydrogens (tertiary/aromatic N) is 2. The average molecular weight is 284 g/mol. The lowest BCUT2D eigenvalue weighted by Gasteiger charge is -2.07. The molecule has 0 amide bonds. The van der Waals surface area contributed by atoms with Gasteiger partial charge in [-0.05, 0) is 42.8 Å². The number of anilines is 1. The molecule has 0 radical (unpaired) electrons. The fourth-order valence-electron chi connectivity index (χ4n) is 2.38. The zero-order chi connectivity index (χ0) is 12.5. The molecule has 0 saturated heterocycles. The molecule has 0 fully saturated rings. The van der Waals surface area contributed by atoms with E-state index in [1.54, 1.807) is 11.3 Å². The van der Waals surface area contributed by atoms with Crippen molar-refractivity contribution < 1.29 is 5.11 Å². The lowest BCUT2D eigenvalue weighted by molar-refractivity contribution is 0.292. The fourth-order valence-corrected chi connectivity index (χ4v) is 3.86. The first-order chi connectivity index (χ1) is 8.79. The van der Waals surface area contributed by atoms with E-state index >= 15 is 0 Å². The SMILES string of the molecule is OCCCNc1nc(Cl)nc2sc3c(c12)CCC3. The van der Waals surface area contributed by atoms with Crippen molar-refractivity contribution in [3.63, 3.8) is 0 Å². The zero-order valence-electron chi connectivity index (χ0n) is 9.87. The van der Waals surface area contributed by atoms with Crippen molar-refractivity contribution in [1.82, 2.24) is 9.97 Å². The smallest absolute Gasteiger partial charge is 0.225 e. The van der Waals surface area contributed by atoms with E-state index < -0.39 is 0 Å². The number of aryl methyl sites for hydroxylation is 2. The third kappa shape index (κ3) is 2.06. The number of hydrogen-bond acceptors (Lipinski definition) is 5. The number of halogens is 1. The zero-order valence-corrected chi connectivity index (χ0v) is 11.4. The maximum atomic E-state index is 8.83. The van der Waals surface area contributed by atoms with Crippen molar-refractivity contribution >= 4 is 39.0 Å². The van der Waals surface area contributed by atoms with E-state index in [1.165, 1.54) is 16.9 Å². The Morgan fingerprint density at radius 2 is 2.22 bits per heavy atom. The van der Waals surface area contributed by atoms with Crippen LogP contribution in [0.5, 0.6) is 0 Å². The molecular formula is C12H14ClN3OS. The van der Waals surface area contributed by atoms with Crippen LogP contribution in [-0.2, 0) is 12.8 Å². The minimum atomic E-state index is 0.177. The third-order valence-corrected chi connectivity index (χ3v) is 4.52. The molecule has 0 unspecified atom stereocenters. The van der Waals surface area contributed by atoms with Crippen molar-refractivity contribution in [3.8, 4) is 0 Å². The number of nitrogens with one attached hydrogen (secondary N) is 1. The molecule has 6 heteroatoms. The molecule has 96 valence electrons. The van der Waals surface area contributed by atoms with Gasteiger partial charge >= 0.3 is 0 Å². The van der Waals surface area contributed by atoms with Gasteiger partial charge in [0.15, 0.2) is 0 Å². The highest BCUT2D eigenvalue weighted by Crippen LogP contribution is 2.39. The molecule has 2 heterocycles. The molecule has 2 aromatic rings. The van der Waals surface area contributed by atoms with E-state index in [-0.39, 0.29) is 11.9 Å². The van der Waals surface area contributed by atoms with Crippen LogP contribution in [0.15, 0.2) is 0 Å². The van der Waals surface area contributed by atoms with Crippen molar-refractivity contribution in [2.24, 2.45) is 0 Å². The van der Waals surface area contributed by atoms with E-state index in [0.717, 1.165) is 28.9 Å². The molecule has 2 aromatic heterocycles. The molecule has 4 nitrogen and oxygen atoms in total. The Morgan fingerprint density at radius 1 is 1.33 bits per heavy atom. The van der Waals surface area contributed by atoms with Crippen molar-refractivity contribution in [3.05, 3.63) is 15.7 Å². The van der Waals surface area contributed by atoms with Gasteiger partial charge in [-0.2, -0.15) is 0 Å². The highest BCUT2D eigenvalue weighted by atomic mass is 35.5. The van der Waals surface area contributed by atoms with Crippen LogP contribution in [0.1, 0.15) is 23.3 Å². The first-order valence-corrected chi connectivity index (χ1v) is 7.31. The number of thiophene rings is 1. The second kappa shape index (κ2) is 4.99. The highest BCUT2D eigenvalue weighted by Gasteiger charge is 2.21. The number of hydrogen-bond donors (Lipinski definition) is 2. The lowest BCUT2D eigenvalue weighted by Crippen LogP contribution is -2.06. The van der Waals surface area contributed by atoms with Crippen LogP contribution < -0.4 is 5.32 Å². The van der Waals surface area contributed by atoms with Crippen molar-refractivity contribution in [2.75, 3.05) is 18.5 Å². The van der Waals surface area contributed by atoms with E-state index in [9.17, 15) is 0 Å². The Bertz CT molecular complexity index is 584. The summed E-state index contributed by atoms with van der Waals surface area (Å²) in [5.41, 5.74) is 1.39. The van der Waals surface area contributed by atoms with Gasteiger partial charge in [-0.25, -0.2) is 9.97 Å². The minimum Gasteiger partial charge on any atom is -0.396 e. The summed E-state index contributed by atoms with van der Waals surface area (Å²) in [5.74, 6) is 0.817. The number of aliphatic hydroxyl groups is 1. The Balaban J connectivity index is 2.05. The summed E-state index contributed by atoms with van der Waals surface area (Å²) in [5, 5.41) is 13.5. The molecule has 0 spiro atoms. The second-order valence-corrected chi connectivity index (χ2v) is 5.80. The van der Waals surface area contributed by atoms with Crippen LogP contribution >= 0.6 is 22.9 Å². The molecule has 2 N–H and O–H groups in total.